The van der Waals surface area contributed by atoms with Crippen molar-refractivity contribution in [3.05, 3.63) is 42.1 Å². The summed E-state index contributed by atoms with van der Waals surface area (Å²) in [5.74, 6) is 0.831. The van der Waals surface area contributed by atoms with Crippen molar-refractivity contribution in [3.63, 3.8) is 0 Å². The minimum atomic E-state index is 0.127. The maximum Gasteiger partial charge on any atom is 0.228 e. The van der Waals surface area contributed by atoms with Crippen LogP contribution in [0.25, 0.3) is 11.3 Å². The number of benzene rings is 1. The molecule has 1 spiro atoms. The Labute approximate surface area is 135 Å². The molecule has 23 heavy (non-hydrogen) atoms. The van der Waals surface area contributed by atoms with Gasteiger partial charge < -0.3 is 14.2 Å². The minimum Gasteiger partial charge on any atom is -0.381 e. The SMILES string of the molecule is O=C(Cc1cc(-c2ccccc2)on1)N1CCC2(CCOC2)C1. The lowest BCUT2D eigenvalue weighted by molar-refractivity contribution is -0.129. The number of aromatic nitrogens is 1. The monoisotopic (exact) mass is 312 g/mol. The first-order chi connectivity index (χ1) is 11.2. The third kappa shape index (κ3) is 2.88. The van der Waals surface area contributed by atoms with Gasteiger partial charge in [-0.15, -0.1) is 0 Å². The van der Waals surface area contributed by atoms with E-state index in [0.717, 1.165) is 44.7 Å². The zero-order chi connectivity index (χ0) is 15.7. The van der Waals surface area contributed by atoms with Gasteiger partial charge in [0.1, 0.15) is 0 Å². The number of rotatable bonds is 3. The van der Waals surface area contributed by atoms with Crippen LogP contribution < -0.4 is 0 Å². The van der Waals surface area contributed by atoms with Crippen molar-refractivity contribution in [1.82, 2.24) is 10.1 Å². The quantitative estimate of drug-likeness (QED) is 0.874. The van der Waals surface area contributed by atoms with Gasteiger partial charge in [0, 0.05) is 36.7 Å². The Bertz CT molecular complexity index is 689. The molecule has 0 radical (unpaired) electrons. The highest BCUT2D eigenvalue weighted by Crippen LogP contribution is 2.38. The lowest BCUT2D eigenvalue weighted by Crippen LogP contribution is -2.33. The molecule has 2 aliphatic heterocycles. The number of hydrogen-bond donors (Lipinski definition) is 0. The van der Waals surface area contributed by atoms with E-state index in [0.29, 0.717) is 17.9 Å². The molecule has 5 heteroatoms. The third-order valence-electron chi connectivity index (χ3n) is 4.93. The summed E-state index contributed by atoms with van der Waals surface area (Å²) in [6.45, 7) is 3.26. The average Bonchev–Trinajstić information content (AvgIpc) is 3.31. The van der Waals surface area contributed by atoms with Crippen LogP contribution in [0.3, 0.4) is 0 Å². The normalized spacial score (nSPS) is 23.7. The number of hydrogen-bond acceptors (Lipinski definition) is 4. The van der Waals surface area contributed by atoms with Gasteiger partial charge >= 0.3 is 0 Å². The van der Waals surface area contributed by atoms with Crippen molar-refractivity contribution in [1.29, 1.82) is 0 Å². The van der Waals surface area contributed by atoms with Gasteiger partial charge in [0.05, 0.1) is 18.7 Å². The van der Waals surface area contributed by atoms with E-state index in [2.05, 4.69) is 5.16 Å². The topological polar surface area (TPSA) is 55.6 Å². The average molecular weight is 312 g/mol. The highest BCUT2D eigenvalue weighted by atomic mass is 16.5. The molecule has 4 rings (SSSR count). The third-order valence-corrected chi connectivity index (χ3v) is 4.93. The lowest BCUT2D eigenvalue weighted by atomic mass is 9.87. The second-order valence-electron chi connectivity index (χ2n) is 6.59. The van der Waals surface area contributed by atoms with Gasteiger partial charge in [-0.25, -0.2) is 0 Å². The van der Waals surface area contributed by atoms with Gasteiger partial charge in [0.2, 0.25) is 5.91 Å². The molecule has 2 aliphatic rings. The molecule has 3 heterocycles. The molecule has 2 saturated heterocycles. The fourth-order valence-corrected chi connectivity index (χ4v) is 3.52. The largest absolute Gasteiger partial charge is 0.381 e. The number of likely N-dealkylation sites (tertiary alicyclic amines) is 1. The van der Waals surface area contributed by atoms with Crippen molar-refractivity contribution in [2.75, 3.05) is 26.3 Å². The van der Waals surface area contributed by atoms with Crippen LogP contribution in [0.4, 0.5) is 0 Å². The second kappa shape index (κ2) is 5.81. The highest BCUT2D eigenvalue weighted by molar-refractivity contribution is 5.79. The van der Waals surface area contributed by atoms with Crippen LogP contribution >= 0.6 is 0 Å². The van der Waals surface area contributed by atoms with Crippen molar-refractivity contribution in [3.8, 4) is 11.3 Å². The highest BCUT2D eigenvalue weighted by Gasteiger charge is 2.42. The Hall–Kier alpha value is -2.14. The first-order valence-corrected chi connectivity index (χ1v) is 8.11. The molecule has 120 valence electrons. The van der Waals surface area contributed by atoms with Crippen LogP contribution in [0.15, 0.2) is 40.9 Å². The van der Waals surface area contributed by atoms with Crippen LogP contribution in [0.1, 0.15) is 18.5 Å². The summed E-state index contributed by atoms with van der Waals surface area (Å²) >= 11 is 0. The van der Waals surface area contributed by atoms with Crippen molar-refractivity contribution in [2.45, 2.75) is 19.3 Å². The van der Waals surface area contributed by atoms with Crippen LogP contribution in [0.5, 0.6) is 0 Å². The standard InChI is InChI=1S/C18H20N2O3/c21-17(20-8-6-18(12-20)7-9-22-13-18)11-15-10-16(23-19-15)14-4-2-1-3-5-14/h1-5,10H,6-9,11-13H2. The number of amides is 1. The maximum absolute atomic E-state index is 12.5. The second-order valence-corrected chi connectivity index (χ2v) is 6.59. The maximum atomic E-state index is 12.5. The molecule has 1 unspecified atom stereocenters. The molecule has 0 N–H and O–H groups in total. The summed E-state index contributed by atoms with van der Waals surface area (Å²) in [7, 11) is 0. The fraction of sp³-hybridized carbons (Fsp3) is 0.444. The van der Waals surface area contributed by atoms with Gasteiger partial charge in [-0.3, -0.25) is 4.79 Å². The number of carbonyl (C=O) groups is 1. The van der Waals surface area contributed by atoms with E-state index in [1.807, 2.05) is 41.3 Å². The van der Waals surface area contributed by atoms with E-state index in [4.69, 9.17) is 9.26 Å². The molecular weight excluding hydrogens is 292 g/mol. The van der Waals surface area contributed by atoms with Crippen LogP contribution in [0.2, 0.25) is 0 Å². The van der Waals surface area contributed by atoms with E-state index in [9.17, 15) is 4.79 Å². The molecule has 0 bridgehead atoms. The van der Waals surface area contributed by atoms with E-state index in [1.54, 1.807) is 0 Å². The van der Waals surface area contributed by atoms with Crippen LogP contribution in [-0.4, -0.2) is 42.3 Å². The van der Waals surface area contributed by atoms with Crippen molar-refractivity contribution < 1.29 is 14.1 Å². The van der Waals surface area contributed by atoms with Gasteiger partial charge in [-0.05, 0) is 12.8 Å². The van der Waals surface area contributed by atoms with Crippen LogP contribution in [0, 0.1) is 5.41 Å². The van der Waals surface area contributed by atoms with E-state index in [1.165, 1.54) is 0 Å². The van der Waals surface area contributed by atoms with Gasteiger partial charge in [-0.1, -0.05) is 35.5 Å². The molecule has 1 amide bonds. The molecule has 1 aromatic heterocycles. The summed E-state index contributed by atoms with van der Waals surface area (Å²) in [4.78, 5) is 14.5. The first kappa shape index (κ1) is 14.5. The molecule has 1 aromatic carbocycles. The molecule has 0 aliphatic carbocycles. The molecule has 0 saturated carbocycles. The smallest absolute Gasteiger partial charge is 0.228 e. The predicted octanol–water partition coefficient (Wildman–Crippen LogP) is 2.52. The Morgan fingerprint density at radius 1 is 1.26 bits per heavy atom. The number of nitrogens with zero attached hydrogens (tertiary/aromatic N) is 2. The summed E-state index contributed by atoms with van der Waals surface area (Å²) in [5.41, 5.74) is 1.87. The fourth-order valence-electron chi connectivity index (χ4n) is 3.52. The van der Waals surface area contributed by atoms with Gasteiger partial charge in [-0.2, -0.15) is 0 Å². The van der Waals surface area contributed by atoms with Crippen molar-refractivity contribution in [2.24, 2.45) is 5.41 Å². The summed E-state index contributed by atoms with van der Waals surface area (Å²) in [6, 6.07) is 11.7. The number of carbonyl (C=O) groups excluding carboxylic acids is 1. The Balaban J connectivity index is 1.41. The van der Waals surface area contributed by atoms with E-state index < -0.39 is 0 Å². The summed E-state index contributed by atoms with van der Waals surface area (Å²) in [6.07, 6.45) is 2.42. The zero-order valence-corrected chi connectivity index (χ0v) is 13.0. The zero-order valence-electron chi connectivity index (χ0n) is 13.0. The lowest BCUT2D eigenvalue weighted by Gasteiger charge is -2.21. The minimum absolute atomic E-state index is 0.127. The molecule has 1 atom stereocenters. The van der Waals surface area contributed by atoms with Gasteiger partial charge in [0.25, 0.3) is 0 Å². The number of ether oxygens (including phenoxy) is 1. The Morgan fingerprint density at radius 2 is 2.13 bits per heavy atom. The van der Waals surface area contributed by atoms with Gasteiger partial charge in [0.15, 0.2) is 5.76 Å². The van der Waals surface area contributed by atoms with E-state index in [-0.39, 0.29) is 11.3 Å². The Kier molecular flexibility index (Phi) is 3.65. The Morgan fingerprint density at radius 3 is 2.91 bits per heavy atom. The predicted molar refractivity (Wildman–Crippen MR) is 84.7 cm³/mol. The molecular formula is C18H20N2O3. The molecule has 2 aromatic rings. The first-order valence-electron chi connectivity index (χ1n) is 8.11. The summed E-state index contributed by atoms with van der Waals surface area (Å²) in [5, 5.41) is 4.05. The van der Waals surface area contributed by atoms with Crippen molar-refractivity contribution >= 4 is 5.91 Å². The van der Waals surface area contributed by atoms with Crippen LogP contribution in [-0.2, 0) is 16.0 Å². The molecule has 2 fully saturated rings. The molecule has 5 nitrogen and oxygen atoms in total. The summed E-state index contributed by atoms with van der Waals surface area (Å²) < 4.78 is 10.9. The van der Waals surface area contributed by atoms with E-state index >= 15 is 0 Å².